The number of benzene rings is 2. The Morgan fingerprint density at radius 1 is 1.12 bits per heavy atom. The number of hydrazone groups is 1. The number of hydrogen-bond acceptors (Lipinski definition) is 4. The highest BCUT2D eigenvalue weighted by molar-refractivity contribution is 5.99. The molecular weight excluding hydrogens is 318 g/mol. The number of nitrogens with one attached hydrogen (secondary N) is 1. The average molecular weight is 335 g/mol. The summed E-state index contributed by atoms with van der Waals surface area (Å²) < 4.78 is 6.78. The van der Waals surface area contributed by atoms with Crippen molar-refractivity contribution in [1.82, 2.24) is 9.99 Å². The maximum Gasteiger partial charge on any atom is 0.308 e. The lowest BCUT2D eigenvalue weighted by Crippen LogP contribution is -2.20. The topological polar surface area (TPSA) is 72.7 Å². The molecule has 1 heterocycles. The fourth-order valence-corrected chi connectivity index (χ4v) is 2.52. The van der Waals surface area contributed by atoms with Crippen molar-refractivity contribution in [2.45, 2.75) is 6.92 Å². The van der Waals surface area contributed by atoms with E-state index in [1.54, 1.807) is 24.3 Å². The first kappa shape index (κ1) is 16.4. The third-order valence-corrected chi connectivity index (χ3v) is 3.71. The van der Waals surface area contributed by atoms with E-state index < -0.39 is 0 Å². The van der Waals surface area contributed by atoms with E-state index in [0.29, 0.717) is 11.4 Å². The Labute approximate surface area is 144 Å². The number of ether oxygens (including phenoxy) is 1. The Balaban J connectivity index is 1.67. The molecule has 1 N–H and O–H groups in total. The van der Waals surface area contributed by atoms with Crippen LogP contribution in [0, 0.1) is 0 Å². The summed E-state index contributed by atoms with van der Waals surface area (Å²) in [6.45, 7) is 1.35. The summed E-state index contributed by atoms with van der Waals surface area (Å²) in [6, 6.07) is 16.4. The van der Waals surface area contributed by atoms with Gasteiger partial charge in [-0.25, -0.2) is 5.43 Å². The Hall–Kier alpha value is -3.41. The monoisotopic (exact) mass is 335 g/mol. The van der Waals surface area contributed by atoms with Gasteiger partial charge in [0.1, 0.15) is 11.4 Å². The third kappa shape index (κ3) is 3.74. The van der Waals surface area contributed by atoms with Crippen molar-refractivity contribution in [3.8, 4) is 5.75 Å². The molecule has 6 nitrogen and oxygen atoms in total. The van der Waals surface area contributed by atoms with Crippen LogP contribution in [0.3, 0.4) is 0 Å². The van der Waals surface area contributed by atoms with E-state index >= 15 is 0 Å². The molecule has 3 aromatic rings. The molecule has 0 aliphatic rings. The number of aromatic nitrogens is 1. The van der Waals surface area contributed by atoms with Crippen LogP contribution in [0.25, 0.3) is 10.9 Å². The number of nitrogens with zero attached hydrogens (tertiary/aromatic N) is 2. The molecule has 0 aliphatic heterocycles. The molecule has 126 valence electrons. The van der Waals surface area contributed by atoms with E-state index in [0.717, 1.165) is 16.5 Å². The quantitative estimate of drug-likeness (QED) is 0.345. The van der Waals surface area contributed by atoms with Crippen LogP contribution in [-0.2, 0) is 11.8 Å². The van der Waals surface area contributed by atoms with Crippen molar-refractivity contribution in [2.24, 2.45) is 12.1 Å². The summed E-state index contributed by atoms with van der Waals surface area (Å²) >= 11 is 0. The molecule has 0 fully saturated rings. The lowest BCUT2D eigenvalue weighted by atomic mass is 10.2. The molecule has 0 spiro atoms. The molecule has 6 heteroatoms. The second-order valence-corrected chi connectivity index (χ2v) is 5.51. The number of hydrogen-bond donors (Lipinski definition) is 1. The standard InChI is InChI=1S/C19H17N3O3/c1-13(23)25-16-9-7-14(8-10-16)12-20-21-19(24)18-11-15-5-3-4-6-17(15)22(18)2/h3-12H,1-2H3,(H,21,24)/b20-12+. The number of aryl methyl sites for hydroxylation is 1. The largest absolute Gasteiger partial charge is 0.427 e. The van der Waals surface area contributed by atoms with Gasteiger partial charge in [-0.15, -0.1) is 0 Å². The van der Waals surface area contributed by atoms with Crippen LogP contribution in [0.2, 0.25) is 0 Å². The van der Waals surface area contributed by atoms with Crippen molar-refractivity contribution in [2.75, 3.05) is 0 Å². The van der Waals surface area contributed by atoms with Gasteiger partial charge in [0, 0.05) is 24.9 Å². The minimum atomic E-state index is -0.372. The first-order chi connectivity index (χ1) is 12.0. The van der Waals surface area contributed by atoms with Crippen LogP contribution in [0.15, 0.2) is 59.7 Å². The molecule has 1 aromatic heterocycles. The molecule has 0 saturated heterocycles. The number of carbonyl (C=O) groups is 2. The van der Waals surface area contributed by atoms with Crippen LogP contribution < -0.4 is 10.2 Å². The molecule has 25 heavy (non-hydrogen) atoms. The van der Waals surface area contributed by atoms with Crippen LogP contribution in [0.5, 0.6) is 5.75 Å². The molecular formula is C19H17N3O3. The van der Waals surface area contributed by atoms with Crippen molar-refractivity contribution in [1.29, 1.82) is 0 Å². The van der Waals surface area contributed by atoms with Gasteiger partial charge in [0.2, 0.25) is 0 Å². The minimum absolute atomic E-state index is 0.286. The third-order valence-electron chi connectivity index (χ3n) is 3.71. The molecule has 0 bridgehead atoms. The number of para-hydroxylation sites is 1. The second kappa shape index (κ2) is 7.00. The summed E-state index contributed by atoms with van der Waals surface area (Å²) in [5, 5.41) is 4.97. The van der Waals surface area contributed by atoms with Gasteiger partial charge in [0.15, 0.2) is 0 Å². The Morgan fingerprint density at radius 2 is 1.84 bits per heavy atom. The van der Waals surface area contributed by atoms with Crippen LogP contribution in [0.1, 0.15) is 23.0 Å². The number of carbonyl (C=O) groups excluding carboxylic acids is 2. The summed E-state index contributed by atoms with van der Waals surface area (Å²) in [7, 11) is 1.84. The highest BCUT2D eigenvalue weighted by Gasteiger charge is 2.12. The first-order valence-electron chi connectivity index (χ1n) is 7.71. The van der Waals surface area contributed by atoms with Crippen molar-refractivity contribution in [3.63, 3.8) is 0 Å². The number of amides is 1. The SMILES string of the molecule is CC(=O)Oc1ccc(/C=N/NC(=O)c2cc3ccccc3n2C)cc1. The predicted molar refractivity (Wildman–Crippen MR) is 95.7 cm³/mol. The molecule has 0 radical (unpaired) electrons. The van der Waals surface area contributed by atoms with Gasteiger partial charge < -0.3 is 9.30 Å². The van der Waals surface area contributed by atoms with Gasteiger partial charge in [-0.1, -0.05) is 18.2 Å². The van der Waals surface area contributed by atoms with Crippen LogP contribution >= 0.6 is 0 Å². The summed E-state index contributed by atoms with van der Waals surface area (Å²) in [5.74, 6) is -0.195. The molecule has 0 atom stereocenters. The summed E-state index contributed by atoms with van der Waals surface area (Å²) in [5.41, 5.74) is 4.81. The summed E-state index contributed by atoms with van der Waals surface area (Å²) in [6.07, 6.45) is 1.53. The fraction of sp³-hybridized carbons (Fsp3) is 0.105. The van der Waals surface area contributed by atoms with E-state index in [2.05, 4.69) is 10.5 Å². The van der Waals surface area contributed by atoms with E-state index in [1.807, 2.05) is 41.9 Å². The summed E-state index contributed by atoms with van der Waals surface area (Å²) in [4.78, 5) is 23.2. The normalized spacial score (nSPS) is 11.0. The molecule has 0 unspecified atom stereocenters. The van der Waals surface area contributed by atoms with E-state index in [4.69, 9.17) is 4.74 Å². The van der Waals surface area contributed by atoms with Gasteiger partial charge in [-0.2, -0.15) is 5.10 Å². The fourth-order valence-electron chi connectivity index (χ4n) is 2.52. The molecule has 3 rings (SSSR count). The lowest BCUT2D eigenvalue weighted by molar-refractivity contribution is -0.131. The molecule has 0 saturated carbocycles. The highest BCUT2D eigenvalue weighted by Crippen LogP contribution is 2.18. The Morgan fingerprint density at radius 3 is 2.52 bits per heavy atom. The highest BCUT2D eigenvalue weighted by atomic mass is 16.5. The van der Waals surface area contributed by atoms with E-state index in [-0.39, 0.29) is 11.9 Å². The van der Waals surface area contributed by atoms with Crippen LogP contribution in [-0.4, -0.2) is 22.7 Å². The number of rotatable bonds is 4. The Bertz CT molecular complexity index is 956. The molecule has 2 aromatic carbocycles. The number of esters is 1. The van der Waals surface area contributed by atoms with E-state index in [9.17, 15) is 9.59 Å². The van der Waals surface area contributed by atoms with Gasteiger partial charge in [-0.3, -0.25) is 9.59 Å². The van der Waals surface area contributed by atoms with Gasteiger partial charge >= 0.3 is 5.97 Å². The zero-order valence-corrected chi connectivity index (χ0v) is 13.9. The van der Waals surface area contributed by atoms with Crippen molar-refractivity contribution < 1.29 is 14.3 Å². The maximum absolute atomic E-state index is 12.3. The van der Waals surface area contributed by atoms with Gasteiger partial charge in [0.05, 0.1) is 6.21 Å². The lowest BCUT2D eigenvalue weighted by Gasteiger charge is -2.03. The smallest absolute Gasteiger partial charge is 0.308 e. The van der Waals surface area contributed by atoms with E-state index in [1.165, 1.54) is 13.1 Å². The first-order valence-corrected chi connectivity index (χ1v) is 7.71. The van der Waals surface area contributed by atoms with Gasteiger partial charge in [-0.05, 0) is 42.0 Å². The maximum atomic E-state index is 12.3. The number of fused-ring (bicyclic) bond motifs is 1. The zero-order chi connectivity index (χ0) is 17.8. The predicted octanol–water partition coefficient (Wildman–Crippen LogP) is 2.87. The minimum Gasteiger partial charge on any atom is -0.427 e. The Kier molecular flexibility index (Phi) is 4.61. The second-order valence-electron chi connectivity index (χ2n) is 5.51. The van der Waals surface area contributed by atoms with Crippen molar-refractivity contribution >= 4 is 29.0 Å². The van der Waals surface area contributed by atoms with Crippen LogP contribution in [0.4, 0.5) is 0 Å². The average Bonchev–Trinajstić information content (AvgIpc) is 2.93. The van der Waals surface area contributed by atoms with Crippen molar-refractivity contribution in [3.05, 3.63) is 65.9 Å². The zero-order valence-electron chi connectivity index (χ0n) is 13.9. The van der Waals surface area contributed by atoms with Gasteiger partial charge in [0.25, 0.3) is 5.91 Å². The molecule has 0 aliphatic carbocycles. The molecule has 1 amide bonds.